The Morgan fingerprint density at radius 2 is 1.75 bits per heavy atom. The highest BCUT2D eigenvalue weighted by atomic mass is 35.5. The second-order valence-corrected chi connectivity index (χ2v) is 6.38. The van der Waals surface area contributed by atoms with Crippen molar-refractivity contribution in [2.24, 2.45) is 0 Å². The maximum Gasteiger partial charge on any atom is 0.246 e. The Hall–Kier alpha value is -1.50. The van der Waals surface area contributed by atoms with Crippen LogP contribution in [0.15, 0.2) is 47.6 Å². The average Bonchev–Trinajstić information content (AvgIpc) is 2.46. The summed E-state index contributed by atoms with van der Waals surface area (Å²) in [5.41, 5.74) is 0.924. The van der Waals surface area contributed by atoms with Crippen LogP contribution in [-0.4, -0.2) is 29.2 Å². The van der Waals surface area contributed by atoms with E-state index < -0.39 is 10.0 Å². The molecule has 0 spiro atoms. The molecule has 5 nitrogen and oxygen atoms in total. The smallest absolute Gasteiger partial charge is 0.225 e. The Morgan fingerprint density at radius 3 is 2.30 bits per heavy atom. The van der Waals surface area contributed by atoms with Crippen LogP contribution in [0.5, 0.6) is 0 Å². The normalized spacial score (nSPS) is 11.8. The maximum absolute atomic E-state index is 12.5. The van der Waals surface area contributed by atoms with Crippen LogP contribution < -0.4 is 0 Å². The van der Waals surface area contributed by atoms with E-state index in [9.17, 15) is 8.42 Å². The summed E-state index contributed by atoms with van der Waals surface area (Å²) in [6.07, 6.45) is 2.44. The zero-order chi connectivity index (χ0) is 14.6. The number of nitrogens with zero attached hydrogens (tertiary/aromatic N) is 3. The molecule has 7 heteroatoms. The van der Waals surface area contributed by atoms with E-state index in [2.05, 4.69) is 9.97 Å². The molecule has 1 heterocycles. The first-order valence-corrected chi connectivity index (χ1v) is 7.87. The lowest BCUT2D eigenvalue weighted by Crippen LogP contribution is -2.30. The Kier molecular flexibility index (Phi) is 4.69. The molecular formula is C13H14ClN3O2S. The fraction of sp³-hybridized carbons (Fsp3) is 0.231. The van der Waals surface area contributed by atoms with Gasteiger partial charge in [-0.05, 0) is 17.2 Å². The van der Waals surface area contributed by atoms with Crippen LogP contribution in [0.3, 0.4) is 0 Å². The minimum Gasteiger partial charge on any atom is -0.225 e. The molecule has 0 saturated carbocycles. The van der Waals surface area contributed by atoms with Crippen molar-refractivity contribution in [3.63, 3.8) is 0 Å². The molecular weight excluding hydrogens is 298 g/mol. The van der Waals surface area contributed by atoms with Gasteiger partial charge in [0, 0.05) is 13.1 Å². The molecule has 2 aromatic rings. The van der Waals surface area contributed by atoms with Crippen LogP contribution in [0, 0.1) is 0 Å². The lowest BCUT2D eigenvalue weighted by atomic mass is 10.2. The molecule has 1 aromatic carbocycles. The summed E-state index contributed by atoms with van der Waals surface area (Å²) in [7, 11) is -3.62. The van der Waals surface area contributed by atoms with Gasteiger partial charge in [0.05, 0.1) is 12.4 Å². The predicted molar refractivity (Wildman–Crippen MR) is 76.8 cm³/mol. The van der Waals surface area contributed by atoms with Crippen molar-refractivity contribution in [1.82, 2.24) is 14.3 Å². The number of sulfonamides is 1. The Balaban J connectivity index is 2.28. The predicted octanol–water partition coefficient (Wildman–Crippen LogP) is 2.34. The zero-order valence-corrected chi connectivity index (χ0v) is 12.5. The van der Waals surface area contributed by atoms with Crippen LogP contribution in [0.2, 0.25) is 5.28 Å². The van der Waals surface area contributed by atoms with E-state index in [1.54, 1.807) is 6.92 Å². The summed E-state index contributed by atoms with van der Waals surface area (Å²) in [6, 6.07) is 9.41. The van der Waals surface area contributed by atoms with Gasteiger partial charge in [0.15, 0.2) is 0 Å². The van der Waals surface area contributed by atoms with Crippen LogP contribution >= 0.6 is 11.6 Å². The Morgan fingerprint density at radius 1 is 1.15 bits per heavy atom. The van der Waals surface area contributed by atoms with Gasteiger partial charge in [-0.1, -0.05) is 37.3 Å². The number of benzene rings is 1. The minimum absolute atomic E-state index is 0.0232. The SMILES string of the molecule is CCN(Cc1ccccc1)S(=O)(=O)c1cnc(Cl)nc1. The first kappa shape index (κ1) is 14.9. The third-order valence-electron chi connectivity index (χ3n) is 2.79. The quantitative estimate of drug-likeness (QED) is 0.795. The van der Waals surface area contributed by atoms with Gasteiger partial charge in [-0.2, -0.15) is 4.31 Å². The number of hydrogen-bond acceptors (Lipinski definition) is 4. The van der Waals surface area contributed by atoms with Crippen LogP contribution in [0.25, 0.3) is 0 Å². The summed E-state index contributed by atoms with van der Waals surface area (Å²) >= 11 is 5.57. The van der Waals surface area contributed by atoms with E-state index in [1.165, 1.54) is 16.7 Å². The van der Waals surface area contributed by atoms with Gasteiger partial charge >= 0.3 is 0 Å². The summed E-state index contributed by atoms with van der Waals surface area (Å²) in [4.78, 5) is 7.48. The molecule has 0 aliphatic rings. The molecule has 0 fully saturated rings. The van der Waals surface area contributed by atoms with E-state index >= 15 is 0 Å². The van der Waals surface area contributed by atoms with E-state index in [-0.39, 0.29) is 10.2 Å². The molecule has 2 rings (SSSR count). The lowest BCUT2D eigenvalue weighted by Gasteiger charge is -2.20. The fourth-order valence-corrected chi connectivity index (χ4v) is 3.16. The highest BCUT2D eigenvalue weighted by Crippen LogP contribution is 2.17. The molecule has 0 bridgehead atoms. The molecule has 0 aliphatic heterocycles. The monoisotopic (exact) mass is 311 g/mol. The summed E-state index contributed by atoms with van der Waals surface area (Å²) < 4.78 is 26.3. The number of halogens is 1. The Bertz CT molecular complexity index is 660. The molecule has 0 aliphatic carbocycles. The van der Waals surface area contributed by atoms with Crippen molar-refractivity contribution in [3.05, 3.63) is 53.6 Å². The third-order valence-corrected chi connectivity index (χ3v) is 4.86. The van der Waals surface area contributed by atoms with Gasteiger partial charge in [-0.15, -0.1) is 0 Å². The van der Waals surface area contributed by atoms with Crippen molar-refractivity contribution < 1.29 is 8.42 Å². The first-order valence-electron chi connectivity index (χ1n) is 6.05. The van der Waals surface area contributed by atoms with Crippen molar-refractivity contribution in [3.8, 4) is 0 Å². The fourth-order valence-electron chi connectivity index (χ4n) is 1.74. The van der Waals surface area contributed by atoms with Crippen molar-refractivity contribution in [1.29, 1.82) is 0 Å². The third kappa shape index (κ3) is 3.33. The maximum atomic E-state index is 12.5. The largest absolute Gasteiger partial charge is 0.246 e. The molecule has 0 N–H and O–H groups in total. The van der Waals surface area contributed by atoms with Gasteiger partial charge in [-0.3, -0.25) is 0 Å². The number of aromatic nitrogens is 2. The average molecular weight is 312 g/mol. The molecule has 0 unspecified atom stereocenters. The topological polar surface area (TPSA) is 63.2 Å². The van der Waals surface area contributed by atoms with Crippen molar-refractivity contribution >= 4 is 21.6 Å². The molecule has 106 valence electrons. The Labute approximate surface area is 123 Å². The van der Waals surface area contributed by atoms with E-state index in [0.717, 1.165) is 5.56 Å². The molecule has 0 radical (unpaired) electrons. The zero-order valence-electron chi connectivity index (χ0n) is 10.9. The molecule has 0 atom stereocenters. The van der Waals surface area contributed by atoms with Gasteiger partial charge < -0.3 is 0 Å². The number of rotatable bonds is 5. The highest BCUT2D eigenvalue weighted by molar-refractivity contribution is 7.89. The van der Waals surface area contributed by atoms with E-state index in [1.807, 2.05) is 30.3 Å². The van der Waals surface area contributed by atoms with Crippen molar-refractivity contribution in [2.75, 3.05) is 6.54 Å². The van der Waals surface area contributed by atoms with Gasteiger partial charge in [0.25, 0.3) is 0 Å². The van der Waals surface area contributed by atoms with Gasteiger partial charge in [-0.25, -0.2) is 18.4 Å². The lowest BCUT2D eigenvalue weighted by molar-refractivity contribution is 0.423. The van der Waals surface area contributed by atoms with Crippen LogP contribution in [0.1, 0.15) is 12.5 Å². The minimum atomic E-state index is -3.62. The summed E-state index contributed by atoms with van der Waals surface area (Å²) in [6.45, 7) is 2.46. The second kappa shape index (κ2) is 6.30. The second-order valence-electron chi connectivity index (χ2n) is 4.10. The number of hydrogen-bond donors (Lipinski definition) is 0. The molecule has 0 amide bonds. The van der Waals surface area contributed by atoms with E-state index in [0.29, 0.717) is 13.1 Å². The van der Waals surface area contributed by atoms with Gasteiger partial charge in [0.2, 0.25) is 15.3 Å². The molecule has 1 aromatic heterocycles. The first-order chi connectivity index (χ1) is 9.54. The van der Waals surface area contributed by atoms with Gasteiger partial charge in [0.1, 0.15) is 4.90 Å². The highest BCUT2D eigenvalue weighted by Gasteiger charge is 2.23. The van der Waals surface area contributed by atoms with Crippen LogP contribution in [0.4, 0.5) is 0 Å². The molecule has 20 heavy (non-hydrogen) atoms. The molecule has 0 saturated heterocycles. The standard InChI is InChI=1S/C13H14ClN3O2S/c1-2-17(10-11-6-4-3-5-7-11)20(18,19)12-8-15-13(14)16-9-12/h3-9H,2,10H2,1H3. The van der Waals surface area contributed by atoms with E-state index in [4.69, 9.17) is 11.6 Å². The van der Waals surface area contributed by atoms with Crippen LogP contribution in [-0.2, 0) is 16.6 Å². The van der Waals surface area contributed by atoms with Crippen molar-refractivity contribution in [2.45, 2.75) is 18.4 Å². The summed E-state index contributed by atoms with van der Waals surface area (Å²) in [5, 5.41) is 0.0232. The summed E-state index contributed by atoms with van der Waals surface area (Å²) in [5.74, 6) is 0.